The number of nitrogens with one attached hydrogen (secondary N) is 1. The molecular weight excluding hydrogens is 985 g/mol. The number of terminal acetylenes is 1. The molecule has 2 unspecified atom stereocenters. The fraction of sp³-hybridized carbons (Fsp3) is 0.393. The summed E-state index contributed by atoms with van der Waals surface area (Å²) in [6.07, 6.45) is 3.06. The SMILES string of the molecule is C#CC#CC#CC#CC#CC#CC#CC#CC#CC#CC#CC#CCC(=O)N[C@@H](CO[C@H]1OC(COCSSCN)[C@H](OCc2ccccc2)[C@H](O)C1OCc1ccccc1)[C@H](O)[C@H](O)COCCC1CCCCC1. The maximum Gasteiger partial charge on any atom is 0.232 e. The Kier molecular flexibility index (Phi) is 31.8. The molecule has 0 radical (unpaired) electrons. The molecule has 1 saturated carbocycles. The van der Waals surface area contributed by atoms with Gasteiger partial charge in [-0.05, 0) is 118 Å². The van der Waals surface area contributed by atoms with Crippen molar-refractivity contribution in [2.75, 3.05) is 38.2 Å². The van der Waals surface area contributed by atoms with Gasteiger partial charge in [0, 0.05) is 48.0 Å². The van der Waals surface area contributed by atoms with E-state index in [9.17, 15) is 20.1 Å². The number of aliphatic hydroxyl groups is 3. The van der Waals surface area contributed by atoms with Crippen LogP contribution in [0.3, 0.4) is 0 Å². The normalized spacial score (nSPS) is 18.0. The number of carbonyl (C=O) groups excluding carboxylic acids is 1. The predicted molar refractivity (Wildman–Crippen MR) is 291 cm³/mol. The van der Waals surface area contributed by atoms with Crippen molar-refractivity contribution in [1.82, 2.24) is 5.32 Å². The van der Waals surface area contributed by atoms with Crippen molar-refractivity contribution in [2.24, 2.45) is 11.7 Å². The molecule has 1 amide bonds. The standard InChI is InChI=1S/C61H56N2O10S2/c1-2-3-4-5-6-7-8-9-10-11-12-13-14-15-16-17-18-19-20-21-22-23-33-40-56(65)63-53(57(66)54(64)46-68-42-41-50-34-27-24-28-35-50)45-72-61-60(71-44-52-38-31-26-32-39-52)58(67)59(70-43-51-36-29-25-30-37-51)55(73-61)47-69-49-75-74-48-62/h1,25-26,29-32,36-39,50,53-55,57-61,64,66-67H,24,27-28,34-35,40-49,62H2,(H,63,65)/t53-,54+,55?,57-,58-,59-,60?,61-/m0/s1. The van der Waals surface area contributed by atoms with Crippen molar-refractivity contribution in [2.45, 2.75) is 107 Å². The van der Waals surface area contributed by atoms with Gasteiger partial charge in [0.05, 0.1) is 45.5 Å². The lowest BCUT2D eigenvalue weighted by Gasteiger charge is -2.44. The van der Waals surface area contributed by atoms with E-state index in [1.807, 2.05) is 60.7 Å². The second kappa shape index (κ2) is 39.4. The van der Waals surface area contributed by atoms with Crippen LogP contribution >= 0.6 is 21.6 Å². The summed E-state index contributed by atoms with van der Waals surface area (Å²) in [7, 11) is 2.85. The van der Waals surface area contributed by atoms with E-state index in [1.54, 1.807) is 0 Å². The number of aliphatic hydroxyl groups excluding tert-OH is 3. The lowest BCUT2D eigenvalue weighted by molar-refractivity contribution is -0.321. The van der Waals surface area contributed by atoms with Gasteiger partial charge in [-0.15, -0.1) is 6.42 Å². The van der Waals surface area contributed by atoms with Crippen molar-refractivity contribution < 1.29 is 48.5 Å². The highest BCUT2D eigenvalue weighted by molar-refractivity contribution is 8.76. The van der Waals surface area contributed by atoms with Crippen LogP contribution in [0.2, 0.25) is 0 Å². The zero-order chi connectivity index (χ0) is 53.2. The molecule has 382 valence electrons. The molecule has 12 nitrogen and oxygen atoms in total. The number of hydrogen-bond donors (Lipinski definition) is 5. The van der Waals surface area contributed by atoms with Crippen LogP contribution in [0, 0.1) is 149 Å². The van der Waals surface area contributed by atoms with Gasteiger partial charge in [-0.25, -0.2) is 0 Å². The van der Waals surface area contributed by atoms with E-state index in [0.29, 0.717) is 18.4 Å². The van der Waals surface area contributed by atoms with Gasteiger partial charge >= 0.3 is 0 Å². The van der Waals surface area contributed by atoms with E-state index in [0.717, 1.165) is 30.4 Å². The van der Waals surface area contributed by atoms with Gasteiger partial charge < -0.3 is 54.8 Å². The van der Waals surface area contributed by atoms with Gasteiger partial charge in [-0.3, -0.25) is 4.79 Å². The summed E-state index contributed by atoms with van der Waals surface area (Å²) < 4.78 is 37.3. The summed E-state index contributed by atoms with van der Waals surface area (Å²) in [5.41, 5.74) is 7.36. The lowest BCUT2D eigenvalue weighted by atomic mass is 9.87. The van der Waals surface area contributed by atoms with Crippen molar-refractivity contribution in [1.29, 1.82) is 0 Å². The van der Waals surface area contributed by atoms with Gasteiger partial charge in [-0.1, -0.05) is 120 Å². The summed E-state index contributed by atoms with van der Waals surface area (Å²) in [4.78, 5) is 13.4. The van der Waals surface area contributed by atoms with Crippen LogP contribution in [0.1, 0.15) is 56.1 Å². The zero-order valence-corrected chi connectivity index (χ0v) is 42.9. The third kappa shape index (κ3) is 26.6. The lowest BCUT2D eigenvalue weighted by Crippen LogP contribution is -2.62. The molecule has 0 aromatic heterocycles. The van der Waals surface area contributed by atoms with Crippen molar-refractivity contribution in [3.8, 4) is 143 Å². The Balaban J connectivity index is 1.43. The third-order valence-corrected chi connectivity index (χ3v) is 12.5. The molecular formula is C61H56N2O10S2. The van der Waals surface area contributed by atoms with Crippen LogP contribution in [0.4, 0.5) is 0 Å². The summed E-state index contributed by atoms with van der Waals surface area (Å²) in [6, 6.07) is 17.7. The fourth-order valence-electron chi connectivity index (χ4n) is 7.14. The molecule has 1 saturated heterocycles. The molecule has 75 heavy (non-hydrogen) atoms. The first-order valence-corrected chi connectivity index (χ1v) is 26.3. The molecule has 1 heterocycles. The topological polar surface area (TPSA) is 171 Å². The summed E-state index contributed by atoms with van der Waals surface area (Å²) >= 11 is 0. The Morgan fingerprint density at radius 2 is 1.20 bits per heavy atom. The van der Waals surface area contributed by atoms with Crippen molar-refractivity contribution in [3.05, 3.63) is 71.8 Å². The molecule has 1 aliphatic heterocycles. The van der Waals surface area contributed by atoms with Gasteiger partial charge in [0.2, 0.25) is 5.91 Å². The van der Waals surface area contributed by atoms with Crippen LogP contribution in [-0.2, 0) is 46.4 Å². The summed E-state index contributed by atoms with van der Waals surface area (Å²) in [5, 5.41) is 37.6. The Labute approximate surface area is 450 Å². The fourth-order valence-corrected chi connectivity index (χ4v) is 8.16. The molecule has 6 N–H and O–H groups in total. The van der Waals surface area contributed by atoms with E-state index in [4.69, 9.17) is 40.6 Å². The van der Waals surface area contributed by atoms with Gasteiger partial charge in [-0.2, -0.15) is 0 Å². The van der Waals surface area contributed by atoms with E-state index in [-0.39, 0.29) is 45.4 Å². The molecule has 14 heteroatoms. The largest absolute Gasteiger partial charge is 0.388 e. The average molecular weight is 1040 g/mol. The number of nitrogens with two attached hydrogens (primary N) is 1. The van der Waals surface area contributed by atoms with Gasteiger partial charge in [0.25, 0.3) is 0 Å². The molecule has 2 aromatic rings. The van der Waals surface area contributed by atoms with Crippen LogP contribution in [0.15, 0.2) is 60.7 Å². The molecule has 1 aliphatic carbocycles. The predicted octanol–water partition coefficient (Wildman–Crippen LogP) is 3.79. The van der Waals surface area contributed by atoms with E-state index in [2.05, 4.69) is 141 Å². The quantitative estimate of drug-likeness (QED) is 0.0446. The van der Waals surface area contributed by atoms with E-state index >= 15 is 0 Å². The molecule has 0 bridgehead atoms. The highest BCUT2D eigenvalue weighted by Gasteiger charge is 2.48. The first-order chi connectivity index (χ1) is 36.9. The summed E-state index contributed by atoms with van der Waals surface area (Å²) in [5.74, 6) is 57.8. The molecule has 0 spiro atoms. The van der Waals surface area contributed by atoms with Gasteiger partial charge in [0.1, 0.15) is 42.6 Å². The number of carbonyl (C=O) groups is 1. The minimum absolute atomic E-state index is 0.0155. The number of rotatable bonds is 24. The van der Waals surface area contributed by atoms with E-state index in [1.165, 1.54) is 40.9 Å². The Hall–Kier alpha value is -7.07. The minimum atomic E-state index is -1.56. The number of ether oxygens (including phenoxy) is 6. The highest BCUT2D eigenvalue weighted by atomic mass is 33.1. The maximum absolute atomic E-state index is 13.4. The summed E-state index contributed by atoms with van der Waals surface area (Å²) in [6.45, 7) is 0.123. The second-order valence-electron chi connectivity index (χ2n) is 16.0. The third-order valence-electron chi connectivity index (χ3n) is 10.7. The van der Waals surface area contributed by atoms with Crippen molar-refractivity contribution in [3.63, 3.8) is 0 Å². The molecule has 8 atom stereocenters. The average Bonchev–Trinajstić information content (AvgIpc) is 3.43. The minimum Gasteiger partial charge on any atom is -0.388 e. The Morgan fingerprint density at radius 3 is 1.73 bits per heavy atom. The van der Waals surface area contributed by atoms with Crippen LogP contribution in [0.25, 0.3) is 0 Å². The highest BCUT2D eigenvalue weighted by Crippen LogP contribution is 2.30. The van der Waals surface area contributed by atoms with Crippen molar-refractivity contribution >= 4 is 27.5 Å². The van der Waals surface area contributed by atoms with Gasteiger partial charge in [0.15, 0.2) is 6.29 Å². The first-order valence-electron chi connectivity index (χ1n) is 23.8. The molecule has 2 aromatic carbocycles. The number of hydrogen-bond acceptors (Lipinski definition) is 13. The van der Waals surface area contributed by atoms with Crippen LogP contribution < -0.4 is 11.1 Å². The maximum atomic E-state index is 13.4. The second-order valence-corrected chi connectivity index (χ2v) is 18.5. The zero-order valence-electron chi connectivity index (χ0n) is 41.2. The molecule has 2 fully saturated rings. The molecule has 4 rings (SSSR count). The van der Waals surface area contributed by atoms with Crippen LogP contribution in [0.5, 0.6) is 0 Å². The molecule has 2 aliphatic rings. The van der Waals surface area contributed by atoms with Crippen LogP contribution in [-0.4, -0.2) is 108 Å². The first kappa shape index (κ1) is 60.5. The van der Waals surface area contributed by atoms with E-state index < -0.39 is 54.9 Å². The number of amides is 1. The Bertz CT molecular complexity index is 2880. The Morgan fingerprint density at radius 1 is 0.680 bits per heavy atom. The smallest absolute Gasteiger partial charge is 0.232 e. The number of benzene rings is 2. The monoisotopic (exact) mass is 1040 g/mol.